The number of nitrogens with zero attached hydrogens (tertiary/aromatic N) is 4. The van der Waals surface area contributed by atoms with Crippen LogP contribution in [0.2, 0.25) is 0 Å². The van der Waals surface area contributed by atoms with Gasteiger partial charge in [-0.1, -0.05) is 53.6 Å². The van der Waals surface area contributed by atoms with Gasteiger partial charge in [0.1, 0.15) is 0 Å². The molecule has 47 heavy (non-hydrogen) atoms. The van der Waals surface area contributed by atoms with Crippen LogP contribution in [0.25, 0.3) is 61.8 Å². The number of aryl methyl sites for hydroxylation is 1. The van der Waals surface area contributed by atoms with E-state index in [1.807, 2.05) is 49.5 Å². The van der Waals surface area contributed by atoms with Gasteiger partial charge < -0.3 is 14.0 Å². The predicted octanol–water partition coefficient (Wildman–Crippen LogP) is 10.5. The summed E-state index contributed by atoms with van der Waals surface area (Å²) in [6, 6.07) is 33.5. The molecule has 4 aromatic heterocycles. The summed E-state index contributed by atoms with van der Waals surface area (Å²) in [5.41, 5.74) is 11.5. The summed E-state index contributed by atoms with van der Waals surface area (Å²) in [5.74, 6) is 1.66. The van der Waals surface area contributed by atoms with Crippen LogP contribution in [0.1, 0.15) is 69.2 Å². The van der Waals surface area contributed by atoms with Crippen molar-refractivity contribution in [3.05, 3.63) is 120 Å². The molecule has 0 spiro atoms. The van der Waals surface area contributed by atoms with E-state index in [0.29, 0.717) is 11.6 Å². The molecule has 0 saturated heterocycles. The van der Waals surface area contributed by atoms with Crippen LogP contribution < -0.4 is 0 Å². The fourth-order valence-corrected chi connectivity index (χ4v) is 7.11. The second kappa shape index (κ2) is 12.3. The van der Waals surface area contributed by atoms with Crippen molar-refractivity contribution in [1.29, 1.82) is 0 Å². The monoisotopic (exact) mass is 793 g/mol. The summed E-state index contributed by atoms with van der Waals surface area (Å²) in [4.78, 5) is 14.0. The van der Waals surface area contributed by atoms with Gasteiger partial charge in [-0.05, 0) is 87.6 Å². The van der Waals surface area contributed by atoms with Crippen molar-refractivity contribution in [1.82, 2.24) is 19.5 Å². The number of para-hydroxylation sites is 1. The molecule has 5 nitrogen and oxygen atoms in total. The Kier molecular flexibility index (Phi) is 8.19. The first-order chi connectivity index (χ1) is 22.4. The van der Waals surface area contributed by atoms with Crippen LogP contribution in [0.5, 0.6) is 0 Å². The van der Waals surface area contributed by atoms with E-state index in [9.17, 15) is 0 Å². The number of pyridine rings is 2. The van der Waals surface area contributed by atoms with Gasteiger partial charge >= 0.3 is 0 Å². The summed E-state index contributed by atoms with van der Waals surface area (Å²) in [6.07, 6.45) is 9.43. The van der Waals surface area contributed by atoms with Crippen LogP contribution >= 0.6 is 0 Å². The average molecular weight is 793 g/mol. The third-order valence-electron chi connectivity index (χ3n) is 9.86. The minimum Gasteiger partial charge on any atom is -0.486 e. The summed E-state index contributed by atoms with van der Waals surface area (Å²) in [6.45, 7) is 8.68. The Morgan fingerprint density at radius 2 is 1.72 bits per heavy atom. The molecule has 5 heterocycles. The normalized spacial score (nSPS) is 15.4. The van der Waals surface area contributed by atoms with E-state index >= 15 is 0 Å². The van der Waals surface area contributed by atoms with Gasteiger partial charge in [0.25, 0.3) is 0 Å². The van der Waals surface area contributed by atoms with Crippen LogP contribution in [-0.2, 0) is 25.6 Å². The molecule has 0 amide bonds. The maximum absolute atomic E-state index is 6.10. The summed E-state index contributed by atoms with van der Waals surface area (Å²) in [7, 11) is 0. The number of rotatable bonds is 3. The number of imidazole rings is 1. The van der Waals surface area contributed by atoms with E-state index in [2.05, 4.69) is 96.0 Å². The molecule has 1 radical (unpaired) electrons. The van der Waals surface area contributed by atoms with Crippen molar-refractivity contribution in [3.8, 4) is 22.6 Å². The SMILES string of the molecule is CC1=Cc2cccc3nc(-c4[c-]cccc4)n(c23)C1(C)C.Cc1ccc2c(n1)oc1c(-c3cc(C4CCCC4)ccn3)[c-]ccc12.[Ir]. The Balaban J connectivity index is 0.000000148. The molecule has 1 aliphatic heterocycles. The van der Waals surface area contributed by atoms with Crippen molar-refractivity contribution in [3.63, 3.8) is 0 Å². The molecule has 1 saturated carbocycles. The van der Waals surface area contributed by atoms with E-state index in [1.54, 1.807) is 0 Å². The van der Waals surface area contributed by atoms with Crippen molar-refractivity contribution in [2.24, 2.45) is 0 Å². The van der Waals surface area contributed by atoms with Crippen molar-refractivity contribution in [2.75, 3.05) is 0 Å². The van der Waals surface area contributed by atoms with Crippen LogP contribution in [0.4, 0.5) is 0 Å². The van der Waals surface area contributed by atoms with E-state index in [0.717, 1.165) is 50.2 Å². The first-order valence-electron chi connectivity index (χ1n) is 16.2. The molecular weight excluding hydrogens is 757 g/mol. The molecule has 1 aliphatic carbocycles. The number of hydrogen-bond donors (Lipinski definition) is 0. The second-order valence-corrected chi connectivity index (χ2v) is 13.1. The standard InChI is InChI=1S/C22H19N2O.C19H17N2.Ir/c1-14-9-10-18-17-7-4-8-19(21(17)25-22(18)24-14)20-13-16(11-12-23-20)15-5-2-3-6-15;1-13-12-15-10-7-11-16-17(15)21(19(13,2)3)18(20-16)14-8-5-4-6-9-14;/h4,7,9-13,15H,2-3,5-6H2,1H3;4-8,10-12H,1-3H3;/q2*-1;. The van der Waals surface area contributed by atoms with Gasteiger partial charge in [-0.3, -0.25) is 4.98 Å². The Labute approximate surface area is 289 Å². The molecule has 0 bridgehead atoms. The molecule has 6 heteroatoms. The van der Waals surface area contributed by atoms with Gasteiger partial charge in [0.2, 0.25) is 5.71 Å². The smallest absolute Gasteiger partial charge is 0.216 e. The molecule has 9 rings (SSSR count). The zero-order valence-electron chi connectivity index (χ0n) is 27.1. The molecular formula is C41H36IrN4O-2. The maximum Gasteiger partial charge on any atom is 0.216 e. The van der Waals surface area contributed by atoms with Crippen LogP contribution in [0.15, 0.2) is 95.0 Å². The zero-order chi connectivity index (χ0) is 31.4. The minimum absolute atomic E-state index is 0. The molecule has 0 N–H and O–H groups in total. The maximum atomic E-state index is 6.10. The quantitative estimate of drug-likeness (QED) is 0.167. The fourth-order valence-electron chi connectivity index (χ4n) is 7.11. The van der Waals surface area contributed by atoms with Crippen LogP contribution in [0.3, 0.4) is 0 Å². The number of benzene rings is 3. The van der Waals surface area contributed by atoms with E-state index in [1.165, 1.54) is 47.9 Å². The van der Waals surface area contributed by atoms with Gasteiger partial charge in [0, 0.05) is 37.4 Å². The molecule has 2 aliphatic rings. The Hall–Kier alpha value is -4.38. The van der Waals surface area contributed by atoms with Gasteiger partial charge in [-0.25, -0.2) is 4.98 Å². The Bertz CT molecular complexity index is 2270. The van der Waals surface area contributed by atoms with Crippen molar-refractivity contribution in [2.45, 2.75) is 64.8 Å². The number of furan rings is 1. The molecule has 0 atom stereocenters. The summed E-state index contributed by atoms with van der Waals surface area (Å²) < 4.78 is 8.46. The molecule has 3 aromatic carbocycles. The molecule has 0 unspecified atom stereocenters. The number of hydrogen-bond acceptors (Lipinski definition) is 4. The molecule has 7 aromatic rings. The molecule has 1 fully saturated rings. The third kappa shape index (κ3) is 5.44. The fraction of sp³-hybridized carbons (Fsp3) is 0.244. The van der Waals surface area contributed by atoms with Crippen LogP contribution in [0, 0.1) is 19.1 Å². The number of aromatic nitrogens is 4. The largest absolute Gasteiger partial charge is 0.486 e. The van der Waals surface area contributed by atoms with Gasteiger partial charge in [-0.15, -0.1) is 54.1 Å². The van der Waals surface area contributed by atoms with Crippen LogP contribution in [-0.4, -0.2) is 19.5 Å². The number of allylic oxidation sites excluding steroid dienone is 1. The Morgan fingerprint density at radius 1 is 0.872 bits per heavy atom. The van der Waals surface area contributed by atoms with Gasteiger partial charge in [-0.2, -0.15) is 0 Å². The summed E-state index contributed by atoms with van der Waals surface area (Å²) in [5, 5.41) is 2.12. The summed E-state index contributed by atoms with van der Waals surface area (Å²) >= 11 is 0. The van der Waals surface area contributed by atoms with E-state index in [-0.39, 0.29) is 25.6 Å². The minimum atomic E-state index is -0.0812. The average Bonchev–Trinajstić information content (AvgIpc) is 3.83. The zero-order valence-corrected chi connectivity index (χ0v) is 29.5. The second-order valence-electron chi connectivity index (χ2n) is 13.1. The topological polar surface area (TPSA) is 56.7 Å². The first kappa shape index (κ1) is 31.2. The van der Waals surface area contributed by atoms with E-state index in [4.69, 9.17) is 9.40 Å². The van der Waals surface area contributed by atoms with Crippen molar-refractivity contribution < 1.29 is 24.5 Å². The molecule has 237 valence electrons. The van der Waals surface area contributed by atoms with E-state index < -0.39 is 0 Å². The Morgan fingerprint density at radius 3 is 2.53 bits per heavy atom. The van der Waals surface area contributed by atoms with Gasteiger partial charge in [0.05, 0.1) is 28.0 Å². The first-order valence-corrected chi connectivity index (χ1v) is 16.2. The van der Waals surface area contributed by atoms with Gasteiger partial charge in [0.15, 0.2) is 0 Å². The van der Waals surface area contributed by atoms with Crippen molar-refractivity contribution >= 4 is 39.2 Å². The number of fused-ring (bicyclic) bond motifs is 3. The third-order valence-corrected chi connectivity index (χ3v) is 9.86. The predicted molar refractivity (Wildman–Crippen MR) is 187 cm³/mol.